The quantitative estimate of drug-likeness (QED) is 0.804. The summed E-state index contributed by atoms with van der Waals surface area (Å²) < 4.78 is 32.8. The number of hydrogen-bond acceptors (Lipinski definition) is 6. The van der Waals surface area contributed by atoms with Crippen LogP contribution in [0.3, 0.4) is 0 Å². The number of pyridine rings is 2. The summed E-state index contributed by atoms with van der Waals surface area (Å²) in [5.41, 5.74) is 0.296. The van der Waals surface area contributed by atoms with Crippen molar-refractivity contribution < 1.29 is 18.3 Å². The number of aromatic nitrogens is 2. The minimum absolute atomic E-state index is 0.336. The van der Waals surface area contributed by atoms with Crippen LogP contribution in [0.2, 0.25) is 0 Å². The van der Waals surface area contributed by atoms with Crippen LogP contribution in [0.5, 0.6) is 5.88 Å². The topological polar surface area (TPSA) is 82.6 Å². The fourth-order valence-electron chi connectivity index (χ4n) is 2.43. The molecule has 0 aromatic carbocycles. The fourth-order valence-corrected chi connectivity index (χ4v) is 3.25. The van der Waals surface area contributed by atoms with E-state index in [1.165, 1.54) is 7.11 Å². The van der Waals surface area contributed by atoms with Gasteiger partial charge in [-0.05, 0) is 45.9 Å². The first-order valence-electron chi connectivity index (χ1n) is 8.21. The van der Waals surface area contributed by atoms with Crippen LogP contribution in [0.4, 0.5) is 5.69 Å². The molecule has 2 aromatic rings. The second-order valence-electron chi connectivity index (χ2n) is 6.97. The van der Waals surface area contributed by atoms with Crippen molar-refractivity contribution in [2.24, 2.45) is 0 Å². The second kappa shape index (κ2) is 6.98. The molecule has 0 aliphatic carbocycles. The zero-order valence-corrected chi connectivity index (χ0v) is 16.3. The molecular formula is C17H22BN3O4S. The van der Waals surface area contributed by atoms with Gasteiger partial charge in [-0.15, -0.1) is 0 Å². The van der Waals surface area contributed by atoms with Crippen LogP contribution in [0.1, 0.15) is 27.7 Å². The SMILES string of the molecule is COc1ncc(B2OC(C)(C)C(C)(C)O2)cc1NS(=O)c1cccnc1. The highest BCUT2D eigenvalue weighted by molar-refractivity contribution is 7.86. The van der Waals surface area contributed by atoms with Crippen molar-refractivity contribution >= 4 is 29.3 Å². The van der Waals surface area contributed by atoms with E-state index in [0.717, 1.165) is 5.46 Å². The van der Waals surface area contributed by atoms with Crippen molar-refractivity contribution in [2.45, 2.75) is 43.8 Å². The third-order valence-corrected chi connectivity index (χ3v) is 5.72. The van der Waals surface area contributed by atoms with Gasteiger partial charge >= 0.3 is 7.12 Å². The van der Waals surface area contributed by atoms with E-state index < -0.39 is 29.3 Å². The Kier molecular flexibility index (Phi) is 5.05. The van der Waals surface area contributed by atoms with Crippen LogP contribution in [-0.4, -0.2) is 39.6 Å². The van der Waals surface area contributed by atoms with Gasteiger partial charge < -0.3 is 14.0 Å². The fraction of sp³-hybridized carbons (Fsp3) is 0.412. The maximum atomic E-state index is 12.5. The van der Waals surface area contributed by atoms with Crippen LogP contribution in [0.25, 0.3) is 0 Å². The van der Waals surface area contributed by atoms with E-state index in [0.29, 0.717) is 16.5 Å². The van der Waals surface area contributed by atoms with Crippen molar-refractivity contribution in [3.05, 3.63) is 36.8 Å². The largest absolute Gasteiger partial charge is 0.496 e. The monoisotopic (exact) mass is 375 g/mol. The Bertz CT molecular complexity index is 801. The molecule has 1 atom stereocenters. The van der Waals surface area contributed by atoms with E-state index in [1.54, 1.807) is 36.8 Å². The maximum absolute atomic E-state index is 12.5. The molecule has 0 amide bonds. The molecule has 3 rings (SSSR count). The highest BCUT2D eigenvalue weighted by Crippen LogP contribution is 2.36. The van der Waals surface area contributed by atoms with Gasteiger partial charge in [-0.2, -0.15) is 0 Å². The van der Waals surface area contributed by atoms with E-state index in [1.807, 2.05) is 27.7 Å². The summed E-state index contributed by atoms with van der Waals surface area (Å²) in [5, 5.41) is 0. The molecule has 26 heavy (non-hydrogen) atoms. The van der Waals surface area contributed by atoms with Crippen molar-refractivity contribution in [2.75, 3.05) is 11.8 Å². The molecule has 0 radical (unpaired) electrons. The van der Waals surface area contributed by atoms with E-state index in [9.17, 15) is 4.21 Å². The number of ether oxygens (including phenoxy) is 1. The first kappa shape index (κ1) is 18.8. The maximum Gasteiger partial charge on any atom is 0.496 e. The first-order chi connectivity index (χ1) is 12.2. The molecule has 0 bridgehead atoms. The van der Waals surface area contributed by atoms with E-state index in [4.69, 9.17) is 14.0 Å². The Labute approximate surface area is 156 Å². The van der Waals surface area contributed by atoms with Gasteiger partial charge in [0.15, 0.2) is 11.0 Å². The van der Waals surface area contributed by atoms with Gasteiger partial charge in [-0.1, -0.05) is 0 Å². The highest BCUT2D eigenvalue weighted by Gasteiger charge is 2.51. The Morgan fingerprint density at radius 3 is 2.46 bits per heavy atom. The number of hydrogen-bond donors (Lipinski definition) is 1. The number of rotatable bonds is 5. The summed E-state index contributed by atoms with van der Waals surface area (Å²) in [7, 11) is -0.556. The molecule has 3 heterocycles. The zero-order valence-electron chi connectivity index (χ0n) is 15.5. The summed E-state index contributed by atoms with van der Waals surface area (Å²) in [6.45, 7) is 7.95. The number of nitrogens with zero attached hydrogens (tertiary/aromatic N) is 2. The predicted molar refractivity (Wildman–Crippen MR) is 101 cm³/mol. The van der Waals surface area contributed by atoms with Crippen LogP contribution >= 0.6 is 0 Å². The predicted octanol–water partition coefficient (Wildman–Crippen LogP) is 1.92. The van der Waals surface area contributed by atoms with Gasteiger partial charge in [0.2, 0.25) is 5.88 Å². The van der Waals surface area contributed by atoms with Crippen LogP contribution in [-0.2, 0) is 20.3 Å². The first-order valence-corrected chi connectivity index (χ1v) is 9.36. The molecule has 1 N–H and O–H groups in total. The molecule has 1 unspecified atom stereocenters. The van der Waals surface area contributed by atoms with Crippen LogP contribution < -0.4 is 14.9 Å². The van der Waals surface area contributed by atoms with Crippen molar-refractivity contribution in [3.63, 3.8) is 0 Å². The molecule has 138 valence electrons. The minimum Gasteiger partial charge on any atom is -0.480 e. The lowest BCUT2D eigenvalue weighted by molar-refractivity contribution is 0.00578. The molecule has 1 aliphatic rings. The van der Waals surface area contributed by atoms with Gasteiger partial charge in [0.1, 0.15) is 5.69 Å². The Morgan fingerprint density at radius 2 is 1.88 bits per heavy atom. The lowest BCUT2D eigenvalue weighted by atomic mass is 9.80. The molecular weight excluding hydrogens is 353 g/mol. The summed E-state index contributed by atoms with van der Waals surface area (Å²) in [4.78, 5) is 8.82. The van der Waals surface area contributed by atoms with Crippen LogP contribution in [0.15, 0.2) is 41.7 Å². The molecule has 7 nitrogen and oxygen atoms in total. The number of anilines is 1. The van der Waals surface area contributed by atoms with Crippen molar-refractivity contribution in [3.8, 4) is 5.88 Å². The average molecular weight is 375 g/mol. The summed E-state index contributed by atoms with van der Waals surface area (Å²) in [5.74, 6) is 0.336. The minimum atomic E-state index is -1.50. The van der Waals surface area contributed by atoms with Crippen molar-refractivity contribution in [1.82, 2.24) is 9.97 Å². The van der Waals surface area contributed by atoms with E-state index in [2.05, 4.69) is 14.7 Å². The second-order valence-corrected chi connectivity index (χ2v) is 8.19. The smallest absolute Gasteiger partial charge is 0.480 e. The van der Waals surface area contributed by atoms with E-state index >= 15 is 0 Å². The summed E-state index contributed by atoms with van der Waals surface area (Å²) >= 11 is 0. The standard InChI is InChI=1S/C17H22BN3O4S/c1-16(2)17(3,4)25-18(24-16)12-9-14(15(23-5)20-10-12)21-26(22)13-7-6-8-19-11-13/h6-11,21H,1-5H3. The van der Waals surface area contributed by atoms with Gasteiger partial charge in [0.25, 0.3) is 0 Å². The summed E-state index contributed by atoms with van der Waals surface area (Å²) in [6, 6.07) is 5.24. The van der Waals surface area contributed by atoms with Gasteiger partial charge in [0.05, 0.1) is 23.2 Å². The lowest BCUT2D eigenvalue weighted by Crippen LogP contribution is -2.41. The number of methoxy groups -OCH3 is 1. The third kappa shape index (κ3) is 3.60. The average Bonchev–Trinajstić information content (AvgIpc) is 2.83. The van der Waals surface area contributed by atoms with Gasteiger partial charge in [-0.25, -0.2) is 9.19 Å². The Balaban J connectivity index is 1.87. The number of nitrogens with one attached hydrogen (secondary N) is 1. The Hall–Kier alpha value is -1.97. The van der Waals surface area contributed by atoms with Crippen molar-refractivity contribution in [1.29, 1.82) is 0 Å². The Morgan fingerprint density at radius 1 is 1.19 bits per heavy atom. The molecule has 9 heteroatoms. The molecule has 0 spiro atoms. The molecule has 2 aromatic heterocycles. The van der Waals surface area contributed by atoms with Gasteiger partial charge in [0, 0.05) is 24.1 Å². The summed E-state index contributed by atoms with van der Waals surface area (Å²) in [6.07, 6.45) is 4.81. The molecule has 1 saturated heterocycles. The molecule has 1 fully saturated rings. The van der Waals surface area contributed by atoms with E-state index in [-0.39, 0.29) is 0 Å². The zero-order chi connectivity index (χ0) is 18.9. The van der Waals surface area contributed by atoms with Gasteiger partial charge in [-0.3, -0.25) is 9.71 Å². The highest BCUT2D eigenvalue weighted by atomic mass is 32.2. The normalized spacial score (nSPS) is 19.2. The third-order valence-electron chi connectivity index (χ3n) is 4.64. The lowest BCUT2D eigenvalue weighted by Gasteiger charge is -2.32. The molecule has 0 saturated carbocycles. The van der Waals surface area contributed by atoms with Crippen LogP contribution in [0, 0.1) is 0 Å². The molecule has 1 aliphatic heterocycles.